The summed E-state index contributed by atoms with van der Waals surface area (Å²) in [5.74, 6) is 1.63. The molecule has 0 unspecified atom stereocenters. The molecular formula is C20H19ClIN3O. The maximum atomic E-state index is 12.8. The van der Waals surface area contributed by atoms with Gasteiger partial charge in [0.2, 0.25) is 0 Å². The summed E-state index contributed by atoms with van der Waals surface area (Å²) < 4.78 is 3.29. The summed E-state index contributed by atoms with van der Waals surface area (Å²) in [6, 6.07) is 13.4. The molecule has 0 saturated heterocycles. The molecule has 1 aromatic heterocycles. The molecule has 1 heterocycles. The minimum Gasteiger partial charge on any atom is -0.334 e. The number of halogens is 2. The van der Waals surface area contributed by atoms with E-state index in [1.807, 2.05) is 49.5 Å². The zero-order valence-electron chi connectivity index (χ0n) is 14.5. The average Bonchev–Trinajstić information content (AvgIpc) is 3.38. The van der Waals surface area contributed by atoms with Crippen molar-refractivity contribution in [2.75, 3.05) is 7.05 Å². The van der Waals surface area contributed by atoms with Crippen molar-refractivity contribution >= 4 is 51.1 Å². The molecule has 6 heteroatoms. The molecule has 1 saturated carbocycles. The Hall–Kier alpha value is -1.60. The molecule has 1 amide bonds. The molecule has 0 bridgehead atoms. The van der Waals surface area contributed by atoms with Crippen LogP contribution in [0.3, 0.4) is 0 Å². The smallest absolute Gasteiger partial charge is 0.254 e. The summed E-state index contributed by atoms with van der Waals surface area (Å²) in [7, 11) is 1.83. The van der Waals surface area contributed by atoms with Gasteiger partial charge < -0.3 is 9.47 Å². The number of aromatic nitrogens is 2. The van der Waals surface area contributed by atoms with Crippen LogP contribution in [0.4, 0.5) is 0 Å². The SMILES string of the molecule is CN(Cc1nc2ccc(Cl)cc2n1CC1CC1)C(=O)c1cccc(I)c1. The van der Waals surface area contributed by atoms with Gasteiger partial charge in [-0.05, 0) is 77.7 Å². The Labute approximate surface area is 171 Å². The van der Waals surface area contributed by atoms with Gasteiger partial charge in [-0.3, -0.25) is 4.79 Å². The first kappa shape index (κ1) is 17.8. The number of carbonyl (C=O) groups excluding carboxylic acids is 1. The van der Waals surface area contributed by atoms with E-state index in [2.05, 4.69) is 27.2 Å². The maximum absolute atomic E-state index is 12.8. The highest BCUT2D eigenvalue weighted by molar-refractivity contribution is 14.1. The maximum Gasteiger partial charge on any atom is 0.254 e. The molecular weight excluding hydrogens is 461 g/mol. The van der Waals surface area contributed by atoms with Crippen molar-refractivity contribution in [3.63, 3.8) is 0 Å². The Morgan fingerprint density at radius 3 is 2.85 bits per heavy atom. The van der Waals surface area contributed by atoms with Crippen molar-refractivity contribution in [3.8, 4) is 0 Å². The Kier molecular flexibility index (Phi) is 4.92. The van der Waals surface area contributed by atoms with E-state index in [0.29, 0.717) is 23.0 Å². The number of benzene rings is 2. The molecule has 3 aromatic rings. The monoisotopic (exact) mass is 479 g/mol. The lowest BCUT2D eigenvalue weighted by Gasteiger charge is -2.18. The Balaban J connectivity index is 1.64. The van der Waals surface area contributed by atoms with E-state index in [0.717, 1.165) is 27.0 Å². The zero-order valence-corrected chi connectivity index (χ0v) is 17.4. The fraction of sp³-hybridized carbons (Fsp3) is 0.300. The number of imidazole rings is 1. The predicted octanol–water partition coefficient (Wildman–Crippen LogP) is 4.98. The van der Waals surface area contributed by atoms with Crippen LogP contribution in [0.2, 0.25) is 5.02 Å². The van der Waals surface area contributed by atoms with E-state index in [9.17, 15) is 4.79 Å². The van der Waals surface area contributed by atoms with E-state index in [1.165, 1.54) is 12.8 Å². The van der Waals surface area contributed by atoms with Crippen LogP contribution < -0.4 is 0 Å². The van der Waals surface area contributed by atoms with Crippen LogP contribution in [0, 0.1) is 9.49 Å². The third kappa shape index (κ3) is 3.74. The summed E-state index contributed by atoms with van der Waals surface area (Å²) in [6.45, 7) is 1.42. The largest absolute Gasteiger partial charge is 0.334 e. The van der Waals surface area contributed by atoms with Crippen LogP contribution in [0.25, 0.3) is 11.0 Å². The van der Waals surface area contributed by atoms with E-state index < -0.39 is 0 Å². The molecule has 4 nitrogen and oxygen atoms in total. The van der Waals surface area contributed by atoms with Gasteiger partial charge in [0, 0.05) is 27.7 Å². The van der Waals surface area contributed by atoms with Crippen LogP contribution in [-0.2, 0) is 13.1 Å². The highest BCUT2D eigenvalue weighted by Crippen LogP contribution is 2.33. The number of amides is 1. The molecule has 1 aliphatic rings. The summed E-state index contributed by atoms with van der Waals surface area (Å²) in [4.78, 5) is 19.3. The van der Waals surface area contributed by atoms with Crippen molar-refractivity contribution in [3.05, 3.63) is 62.4 Å². The van der Waals surface area contributed by atoms with Crippen LogP contribution in [-0.4, -0.2) is 27.4 Å². The Bertz CT molecular complexity index is 980. The minimum absolute atomic E-state index is 0.00609. The van der Waals surface area contributed by atoms with Gasteiger partial charge in [-0.2, -0.15) is 0 Å². The highest BCUT2D eigenvalue weighted by atomic mass is 127. The average molecular weight is 480 g/mol. The standard InChI is InChI=1S/C20H19ClIN3O/c1-24(20(26)14-3-2-4-16(22)9-14)12-19-23-17-8-7-15(21)10-18(17)25(19)11-13-5-6-13/h2-4,7-10,13H,5-6,11-12H2,1H3. The van der Waals surface area contributed by atoms with Crippen LogP contribution >= 0.6 is 34.2 Å². The molecule has 4 rings (SSSR count). The lowest BCUT2D eigenvalue weighted by molar-refractivity contribution is 0.0780. The summed E-state index contributed by atoms with van der Waals surface area (Å²) in [5.41, 5.74) is 2.68. The van der Waals surface area contributed by atoms with Gasteiger partial charge in [0.15, 0.2) is 0 Å². The van der Waals surface area contributed by atoms with Crippen molar-refractivity contribution in [1.82, 2.24) is 14.5 Å². The minimum atomic E-state index is 0.00609. The Morgan fingerprint density at radius 1 is 1.31 bits per heavy atom. The first-order valence-electron chi connectivity index (χ1n) is 8.67. The van der Waals surface area contributed by atoms with E-state index in [-0.39, 0.29) is 5.91 Å². The second-order valence-corrected chi connectivity index (χ2v) is 8.57. The van der Waals surface area contributed by atoms with Gasteiger partial charge >= 0.3 is 0 Å². The fourth-order valence-electron chi connectivity index (χ4n) is 3.15. The van der Waals surface area contributed by atoms with Gasteiger partial charge in [0.05, 0.1) is 17.6 Å². The molecule has 2 aromatic carbocycles. The van der Waals surface area contributed by atoms with Crippen molar-refractivity contribution < 1.29 is 4.79 Å². The van der Waals surface area contributed by atoms with Crippen LogP contribution in [0.5, 0.6) is 0 Å². The topological polar surface area (TPSA) is 38.1 Å². The van der Waals surface area contributed by atoms with E-state index >= 15 is 0 Å². The summed E-state index contributed by atoms with van der Waals surface area (Å²) in [5, 5.41) is 0.712. The third-order valence-electron chi connectivity index (χ3n) is 4.72. The van der Waals surface area contributed by atoms with Gasteiger partial charge in [0.1, 0.15) is 5.82 Å². The summed E-state index contributed by atoms with van der Waals surface area (Å²) in [6.07, 6.45) is 2.52. The first-order valence-corrected chi connectivity index (χ1v) is 10.1. The first-order chi connectivity index (χ1) is 12.5. The number of rotatable bonds is 5. The number of carbonyl (C=O) groups is 1. The van der Waals surface area contributed by atoms with Crippen molar-refractivity contribution in [2.24, 2.45) is 5.92 Å². The molecule has 1 fully saturated rings. The van der Waals surface area contributed by atoms with Crippen molar-refractivity contribution in [2.45, 2.75) is 25.9 Å². The Morgan fingerprint density at radius 2 is 2.12 bits per heavy atom. The van der Waals surface area contributed by atoms with E-state index in [1.54, 1.807) is 4.90 Å². The highest BCUT2D eigenvalue weighted by Gasteiger charge is 2.25. The second kappa shape index (κ2) is 7.19. The normalized spacial score (nSPS) is 14.0. The van der Waals surface area contributed by atoms with Gasteiger partial charge in [0.25, 0.3) is 5.91 Å². The van der Waals surface area contributed by atoms with Crippen LogP contribution in [0.1, 0.15) is 29.0 Å². The van der Waals surface area contributed by atoms with Crippen molar-refractivity contribution in [1.29, 1.82) is 0 Å². The molecule has 26 heavy (non-hydrogen) atoms. The molecule has 1 aliphatic carbocycles. The van der Waals surface area contributed by atoms with E-state index in [4.69, 9.17) is 16.6 Å². The molecule has 0 radical (unpaired) electrons. The number of hydrogen-bond donors (Lipinski definition) is 0. The number of fused-ring (bicyclic) bond motifs is 1. The number of hydrogen-bond acceptors (Lipinski definition) is 2. The molecule has 134 valence electrons. The molecule has 0 atom stereocenters. The third-order valence-corrected chi connectivity index (χ3v) is 5.63. The lowest BCUT2D eigenvalue weighted by atomic mass is 10.2. The molecule has 0 spiro atoms. The zero-order chi connectivity index (χ0) is 18.3. The van der Waals surface area contributed by atoms with Gasteiger partial charge in [-0.1, -0.05) is 17.7 Å². The number of nitrogens with zero attached hydrogens (tertiary/aromatic N) is 3. The molecule has 0 aliphatic heterocycles. The van der Waals surface area contributed by atoms with Gasteiger partial charge in [-0.15, -0.1) is 0 Å². The quantitative estimate of drug-likeness (QED) is 0.484. The predicted molar refractivity (Wildman–Crippen MR) is 112 cm³/mol. The molecule has 0 N–H and O–H groups in total. The fourth-order valence-corrected chi connectivity index (χ4v) is 3.86. The summed E-state index contributed by atoms with van der Waals surface area (Å²) >= 11 is 8.42. The van der Waals surface area contributed by atoms with Crippen LogP contribution in [0.15, 0.2) is 42.5 Å². The lowest BCUT2D eigenvalue weighted by Crippen LogP contribution is -2.28. The second-order valence-electron chi connectivity index (χ2n) is 6.89. The van der Waals surface area contributed by atoms with Gasteiger partial charge in [-0.25, -0.2) is 4.98 Å².